The van der Waals surface area contributed by atoms with E-state index in [-0.39, 0.29) is 17.5 Å². The van der Waals surface area contributed by atoms with Crippen LogP contribution in [0.2, 0.25) is 5.02 Å². The largest absolute Gasteiger partial charge is 0.460 e. The Balaban J connectivity index is 1.49. The first-order valence-corrected chi connectivity index (χ1v) is 12.3. The van der Waals surface area contributed by atoms with Gasteiger partial charge in [0.1, 0.15) is 6.61 Å². The molecule has 0 radical (unpaired) electrons. The molecule has 0 unspecified atom stereocenters. The summed E-state index contributed by atoms with van der Waals surface area (Å²) < 4.78 is 38.2. The number of morpholine rings is 1. The summed E-state index contributed by atoms with van der Waals surface area (Å²) in [6, 6.07) is 14.0. The van der Waals surface area contributed by atoms with Crippen LogP contribution in [-0.4, -0.2) is 45.0 Å². The maximum Gasteiger partial charge on any atom is 0.316 e. The van der Waals surface area contributed by atoms with E-state index in [2.05, 4.69) is 0 Å². The molecular formula is C23H26ClNO5S. The Kier molecular flexibility index (Phi) is 6.67. The van der Waals surface area contributed by atoms with Crippen molar-refractivity contribution in [1.82, 2.24) is 4.31 Å². The topological polar surface area (TPSA) is 72.9 Å². The van der Waals surface area contributed by atoms with Crippen molar-refractivity contribution < 1.29 is 22.7 Å². The number of hydrogen-bond donors (Lipinski definition) is 0. The number of nitrogens with zero attached hydrogens (tertiary/aromatic N) is 1. The fourth-order valence-electron chi connectivity index (χ4n) is 4.38. The minimum atomic E-state index is -3.60. The highest BCUT2D eigenvalue weighted by Gasteiger charge is 2.44. The Bertz CT molecular complexity index is 1030. The molecule has 1 heterocycles. The predicted octanol–water partition coefficient (Wildman–Crippen LogP) is 3.92. The highest BCUT2D eigenvalue weighted by Crippen LogP contribution is 2.42. The molecule has 6 nitrogen and oxygen atoms in total. The molecule has 1 aliphatic carbocycles. The Morgan fingerprint density at radius 3 is 2.42 bits per heavy atom. The Morgan fingerprint density at radius 1 is 1.06 bits per heavy atom. The minimum Gasteiger partial charge on any atom is -0.460 e. The van der Waals surface area contributed by atoms with Gasteiger partial charge in [0, 0.05) is 18.1 Å². The molecule has 8 heteroatoms. The van der Waals surface area contributed by atoms with E-state index in [1.54, 1.807) is 36.4 Å². The first-order chi connectivity index (χ1) is 14.9. The third kappa shape index (κ3) is 4.65. The Hall–Kier alpha value is -1.93. The molecule has 0 atom stereocenters. The van der Waals surface area contributed by atoms with Crippen molar-refractivity contribution in [3.63, 3.8) is 0 Å². The van der Waals surface area contributed by atoms with Gasteiger partial charge in [0.2, 0.25) is 10.0 Å². The fourth-order valence-corrected chi connectivity index (χ4v) is 5.98. The van der Waals surface area contributed by atoms with E-state index in [4.69, 9.17) is 21.1 Å². The van der Waals surface area contributed by atoms with Gasteiger partial charge < -0.3 is 9.47 Å². The molecule has 2 fully saturated rings. The maximum atomic E-state index is 13.2. The molecule has 0 amide bonds. The molecule has 0 bridgehead atoms. The summed E-state index contributed by atoms with van der Waals surface area (Å²) in [4.78, 5) is 13.4. The van der Waals surface area contributed by atoms with Gasteiger partial charge in [-0.3, -0.25) is 4.79 Å². The highest BCUT2D eigenvalue weighted by atomic mass is 35.5. The van der Waals surface area contributed by atoms with Crippen molar-refractivity contribution in [3.05, 3.63) is 64.7 Å². The average Bonchev–Trinajstić information content (AvgIpc) is 3.30. The summed E-state index contributed by atoms with van der Waals surface area (Å²) in [6.45, 7) is 1.49. The number of sulfonamides is 1. The zero-order valence-electron chi connectivity index (χ0n) is 17.3. The van der Waals surface area contributed by atoms with Crippen LogP contribution in [0.4, 0.5) is 0 Å². The zero-order chi connectivity index (χ0) is 21.9. The number of hydrogen-bond acceptors (Lipinski definition) is 5. The number of benzene rings is 2. The van der Waals surface area contributed by atoms with Gasteiger partial charge in [-0.1, -0.05) is 48.7 Å². The number of halogens is 1. The minimum absolute atomic E-state index is 0.0284. The second kappa shape index (κ2) is 9.28. The van der Waals surface area contributed by atoms with Gasteiger partial charge in [-0.05, 0) is 48.2 Å². The summed E-state index contributed by atoms with van der Waals surface area (Å²) in [5.74, 6) is -0.270. The van der Waals surface area contributed by atoms with Gasteiger partial charge in [0.15, 0.2) is 0 Å². The molecule has 2 aromatic carbocycles. The SMILES string of the molecule is O=C(OCc1cccc(S(=O)(=O)N2CCOCC2)c1)C1(c2ccc(Cl)cc2)CCCC1. The molecule has 0 N–H and O–H groups in total. The lowest BCUT2D eigenvalue weighted by molar-refractivity contribution is -0.152. The fraction of sp³-hybridized carbons (Fsp3) is 0.435. The van der Waals surface area contributed by atoms with Crippen LogP contribution in [0.5, 0.6) is 0 Å². The van der Waals surface area contributed by atoms with Crippen LogP contribution in [0.25, 0.3) is 0 Å². The summed E-state index contributed by atoms with van der Waals surface area (Å²) in [7, 11) is -3.60. The highest BCUT2D eigenvalue weighted by molar-refractivity contribution is 7.89. The second-order valence-electron chi connectivity index (χ2n) is 8.04. The smallest absolute Gasteiger partial charge is 0.316 e. The van der Waals surface area contributed by atoms with Crippen LogP contribution in [0.1, 0.15) is 36.8 Å². The molecule has 4 rings (SSSR count). The van der Waals surface area contributed by atoms with Gasteiger partial charge in [-0.25, -0.2) is 8.42 Å². The molecule has 0 aromatic heterocycles. The van der Waals surface area contributed by atoms with E-state index >= 15 is 0 Å². The van der Waals surface area contributed by atoms with Crippen molar-refractivity contribution in [1.29, 1.82) is 0 Å². The maximum absolute atomic E-state index is 13.2. The van der Waals surface area contributed by atoms with E-state index in [1.807, 2.05) is 12.1 Å². The first-order valence-electron chi connectivity index (χ1n) is 10.5. The molecule has 2 aromatic rings. The number of ether oxygens (including phenoxy) is 2. The van der Waals surface area contributed by atoms with Gasteiger partial charge in [0.05, 0.1) is 23.5 Å². The van der Waals surface area contributed by atoms with E-state index in [9.17, 15) is 13.2 Å². The van der Waals surface area contributed by atoms with Crippen molar-refractivity contribution in [2.75, 3.05) is 26.3 Å². The van der Waals surface area contributed by atoms with Crippen molar-refractivity contribution >= 4 is 27.6 Å². The zero-order valence-corrected chi connectivity index (χ0v) is 18.8. The van der Waals surface area contributed by atoms with Crippen LogP contribution in [0.15, 0.2) is 53.4 Å². The molecular weight excluding hydrogens is 438 g/mol. The lowest BCUT2D eigenvalue weighted by atomic mass is 9.79. The van der Waals surface area contributed by atoms with Crippen molar-refractivity contribution in [2.45, 2.75) is 42.6 Å². The molecule has 31 heavy (non-hydrogen) atoms. The Morgan fingerprint density at radius 2 is 1.74 bits per heavy atom. The number of carbonyl (C=O) groups is 1. The van der Waals surface area contributed by atoms with Crippen LogP contribution in [0, 0.1) is 0 Å². The summed E-state index contributed by atoms with van der Waals surface area (Å²) in [5, 5.41) is 0.628. The summed E-state index contributed by atoms with van der Waals surface area (Å²) >= 11 is 6.02. The molecule has 2 aliphatic rings. The standard InChI is InChI=1S/C23H26ClNO5S/c24-20-8-6-19(7-9-20)23(10-1-2-11-23)22(26)30-17-18-4-3-5-21(16-18)31(27,28)25-12-14-29-15-13-25/h3-9,16H,1-2,10-15,17H2. The van der Waals surface area contributed by atoms with Gasteiger partial charge >= 0.3 is 5.97 Å². The Labute approximate surface area is 188 Å². The predicted molar refractivity (Wildman–Crippen MR) is 117 cm³/mol. The summed E-state index contributed by atoms with van der Waals surface area (Å²) in [5.41, 5.74) is 0.900. The molecule has 1 saturated heterocycles. The van der Waals surface area contributed by atoms with Crippen molar-refractivity contribution in [2.24, 2.45) is 0 Å². The van der Waals surface area contributed by atoms with Crippen LogP contribution < -0.4 is 0 Å². The van der Waals surface area contributed by atoms with Crippen LogP contribution >= 0.6 is 11.6 Å². The van der Waals surface area contributed by atoms with E-state index in [0.29, 0.717) is 36.9 Å². The van der Waals surface area contributed by atoms with Gasteiger partial charge in [-0.15, -0.1) is 0 Å². The van der Waals surface area contributed by atoms with E-state index in [1.165, 1.54) is 4.31 Å². The quantitative estimate of drug-likeness (QED) is 0.607. The van der Waals surface area contributed by atoms with Gasteiger partial charge in [0.25, 0.3) is 0 Å². The molecule has 1 aliphatic heterocycles. The third-order valence-corrected chi connectivity index (χ3v) is 8.27. The number of esters is 1. The van der Waals surface area contributed by atoms with E-state index < -0.39 is 15.4 Å². The van der Waals surface area contributed by atoms with Gasteiger partial charge in [-0.2, -0.15) is 4.31 Å². The first kappa shape index (κ1) is 22.3. The molecule has 1 saturated carbocycles. The number of rotatable bonds is 6. The lowest BCUT2D eigenvalue weighted by Crippen LogP contribution is -2.40. The normalized spacial score (nSPS) is 19.3. The monoisotopic (exact) mass is 463 g/mol. The second-order valence-corrected chi connectivity index (χ2v) is 10.4. The van der Waals surface area contributed by atoms with Crippen LogP contribution in [-0.2, 0) is 36.3 Å². The van der Waals surface area contributed by atoms with Crippen molar-refractivity contribution in [3.8, 4) is 0 Å². The third-order valence-electron chi connectivity index (χ3n) is 6.12. The molecule has 166 valence electrons. The summed E-state index contributed by atoms with van der Waals surface area (Å²) in [6.07, 6.45) is 3.40. The lowest BCUT2D eigenvalue weighted by Gasteiger charge is -2.27. The molecule has 0 spiro atoms. The van der Waals surface area contributed by atoms with E-state index in [0.717, 1.165) is 31.2 Å². The average molecular weight is 464 g/mol. The van der Waals surface area contributed by atoms with Crippen LogP contribution in [0.3, 0.4) is 0 Å². The number of carbonyl (C=O) groups excluding carboxylic acids is 1.